The van der Waals surface area contributed by atoms with Gasteiger partial charge in [-0.1, -0.05) is 44.2 Å². The average Bonchev–Trinajstić information content (AvgIpc) is 2.76. The van der Waals surface area contributed by atoms with Crippen LogP contribution >= 0.6 is 0 Å². The number of aromatic nitrogens is 2. The maximum Gasteiger partial charge on any atom is 0.222 e. The second-order valence-electron chi connectivity index (χ2n) is 7.95. The second kappa shape index (κ2) is 8.54. The Morgan fingerprint density at radius 1 is 1.00 bits per heavy atom. The Hall–Kier alpha value is -3.40. The molecule has 0 radical (unpaired) electrons. The van der Waals surface area contributed by atoms with E-state index in [0.29, 0.717) is 5.92 Å². The van der Waals surface area contributed by atoms with Gasteiger partial charge in [0.15, 0.2) is 0 Å². The van der Waals surface area contributed by atoms with Gasteiger partial charge in [-0.05, 0) is 52.6 Å². The molecule has 0 bridgehead atoms. The molecule has 4 aromatic rings. The highest BCUT2D eigenvalue weighted by Gasteiger charge is 2.11. The largest absolute Gasteiger partial charge is 0.340 e. The Morgan fingerprint density at radius 3 is 2.40 bits per heavy atom. The summed E-state index contributed by atoms with van der Waals surface area (Å²) in [7, 11) is 1.65. The fourth-order valence-electron chi connectivity index (χ4n) is 3.93. The van der Waals surface area contributed by atoms with Crippen LogP contribution in [0.25, 0.3) is 10.8 Å². The molecule has 0 aliphatic carbocycles. The molecule has 2 aromatic heterocycles. The van der Waals surface area contributed by atoms with Gasteiger partial charge in [0.25, 0.3) is 0 Å². The number of nitrogens with zero attached hydrogens (tertiary/aromatic N) is 2. The number of aryl methyl sites for hydroxylation is 1. The molecule has 0 fully saturated rings. The van der Waals surface area contributed by atoms with E-state index in [0.717, 1.165) is 23.3 Å². The van der Waals surface area contributed by atoms with E-state index in [1.807, 2.05) is 18.6 Å². The third-order valence-corrected chi connectivity index (χ3v) is 5.51. The van der Waals surface area contributed by atoms with Gasteiger partial charge in [-0.2, -0.15) is 0 Å². The van der Waals surface area contributed by atoms with Crippen molar-refractivity contribution in [3.8, 4) is 0 Å². The Balaban J connectivity index is 1.66. The van der Waals surface area contributed by atoms with Gasteiger partial charge in [-0.15, -0.1) is 0 Å². The van der Waals surface area contributed by atoms with Crippen LogP contribution in [0.1, 0.15) is 42.0 Å². The third-order valence-electron chi connectivity index (χ3n) is 5.51. The van der Waals surface area contributed by atoms with Crippen molar-refractivity contribution in [2.24, 2.45) is 0 Å². The topological polar surface area (TPSA) is 38.0 Å². The number of pyridine rings is 2. The van der Waals surface area contributed by atoms with Crippen LogP contribution in [0.3, 0.4) is 0 Å². The summed E-state index contributed by atoms with van der Waals surface area (Å²) >= 11 is 0. The van der Waals surface area contributed by atoms with Crippen LogP contribution in [0.2, 0.25) is 0 Å². The van der Waals surface area contributed by atoms with E-state index < -0.39 is 0 Å². The lowest BCUT2D eigenvalue weighted by Gasteiger charge is -2.15. The molecule has 0 aliphatic heterocycles. The first-order valence-corrected chi connectivity index (χ1v) is 10.3. The van der Waals surface area contributed by atoms with Crippen molar-refractivity contribution in [2.75, 3.05) is 12.4 Å². The number of benzene rings is 2. The highest BCUT2D eigenvalue weighted by molar-refractivity contribution is 5.95. The molecule has 1 N–H and O–H groups in total. The predicted octanol–water partition coefficient (Wildman–Crippen LogP) is 5.35. The van der Waals surface area contributed by atoms with Crippen LogP contribution < -0.4 is 14.9 Å². The summed E-state index contributed by atoms with van der Waals surface area (Å²) < 4.78 is 1.68. The molecule has 0 aliphatic rings. The zero-order valence-corrected chi connectivity index (χ0v) is 18.0. The third kappa shape index (κ3) is 4.13. The number of fused-ring (bicyclic) bond motifs is 1. The minimum atomic E-state index is 0.522. The Labute approximate surface area is 178 Å². The molecule has 0 unspecified atom stereocenters. The van der Waals surface area contributed by atoms with Crippen LogP contribution in [0, 0.1) is 6.92 Å². The van der Waals surface area contributed by atoms with Crippen molar-refractivity contribution in [3.05, 3.63) is 95.4 Å². The SMILES string of the molecule is CO[n+]1ccc(Cc2cnc(Nc3ccc(C(C)C)c(C)c3)c3ccccc23)cc1. The Bertz CT molecular complexity index is 1170. The van der Waals surface area contributed by atoms with Gasteiger partial charge in [-0.25, -0.2) is 4.98 Å². The molecule has 0 atom stereocenters. The van der Waals surface area contributed by atoms with Crippen molar-refractivity contribution < 1.29 is 9.57 Å². The smallest absolute Gasteiger partial charge is 0.222 e. The van der Waals surface area contributed by atoms with Crippen molar-refractivity contribution >= 4 is 22.3 Å². The minimum absolute atomic E-state index is 0.522. The lowest BCUT2D eigenvalue weighted by atomic mass is 9.97. The van der Waals surface area contributed by atoms with Gasteiger partial charge in [0.1, 0.15) is 12.9 Å². The van der Waals surface area contributed by atoms with Gasteiger partial charge >= 0.3 is 0 Å². The summed E-state index contributed by atoms with van der Waals surface area (Å²) in [5.41, 5.74) is 6.17. The zero-order chi connectivity index (χ0) is 21.1. The monoisotopic (exact) mass is 398 g/mol. The van der Waals surface area contributed by atoms with Gasteiger partial charge in [0, 0.05) is 40.6 Å². The lowest BCUT2D eigenvalue weighted by molar-refractivity contribution is -0.885. The van der Waals surface area contributed by atoms with Crippen molar-refractivity contribution in [1.29, 1.82) is 0 Å². The van der Waals surface area contributed by atoms with Crippen LogP contribution in [0.5, 0.6) is 0 Å². The molecule has 0 amide bonds. The van der Waals surface area contributed by atoms with Crippen LogP contribution in [0.4, 0.5) is 11.5 Å². The standard InChI is InChI=1S/C26H28N3O/c1-18(2)23-10-9-22(15-19(23)3)28-26-25-8-6-5-7-24(25)21(17-27-26)16-20-11-13-29(30-4)14-12-20/h5-15,17-18H,16H2,1-4H3,(H,27,28)/q+1. The van der Waals surface area contributed by atoms with E-state index in [1.165, 1.54) is 27.6 Å². The Kier molecular flexibility index (Phi) is 5.66. The summed E-state index contributed by atoms with van der Waals surface area (Å²) in [6.07, 6.45) is 6.64. The molecule has 0 saturated heterocycles. The first kappa shape index (κ1) is 19.9. The Morgan fingerprint density at radius 2 is 1.73 bits per heavy atom. The number of nitrogens with one attached hydrogen (secondary N) is 1. The highest BCUT2D eigenvalue weighted by atomic mass is 16.6. The fraction of sp³-hybridized carbons (Fsp3) is 0.231. The number of hydrogen-bond donors (Lipinski definition) is 1. The number of hydrogen-bond acceptors (Lipinski definition) is 3. The normalized spacial score (nSPS) is 11.1. The summed E-state index contributed by atoms with van der Waals surface area (Å²) in [6, 6.07) is 19.2. The number of rotatable bonds is 6. The van der Waals surface area contributed by atoms with Crippen molar-refractivity contribution in [2.45, 2.75) is 33.1 Å². The average molecular weight is 399 g/mol. The fourth-order valence-corrected chi connectivity index (χ4v) is 3.93. The van der Waals surface area contributed by atoms with Gasteiger partial charge in [-0.3, -0.25) is 4.84 Å². The maximum absolute atomic E-state index is 5.19. The molecular formula is C26H28N3O+. The van der Waals surface area contributed by atoms with E-state index >= 15 is 0 Å². The van der Waals surface area contributed by atoms with Crippen molar-refractivity contribution in [3.63, 3.8) is 0 Å². The quantitative estimate of drug-likeness (QED) is 0.445. The molecule has 0 spiro atoms. The van der Waals surface area contributed by atoms with Crippen LogP contribution in [-0.2, 0) is 6.42 Å². The minimum Gasteiger partial charge on any atom is -0.340 e. The maximum atomic E-state index is 5.19. The second-order valence-corrected chi connectivity index (χ2v) is 7.95. The van der Waals surface area contributed by atoms with E-state index in [-0.39, 0.29) is 0 Å². The van der Waals surface area contributed by atoms with E-state index in [2.05, 4.69) is 80.7 Å². The first-order valence-electron chi connectivity index (χ1n) is 10.3. The van der Waals surface area contributed by atoms with Crippen molar-refractivity contribution in [1.82, 2.24) is 4.98 Å². The molecule has 30 heavy (non-hydrogen) atoms. The van der Waals surface area contributed by atoms with E-state index in [4.69, 9.17) is 9.82 Å². The molecule has 152 valence electrons. The molecule has 0 saturated carbocycles. The summed E-state index contributed by atoms with van der Waals surface area (Å²) in [5.74, 6) is 1.41. The highest BCUT2D eigenvalue weighted by Crippen LogP contribution is 2.29. The van der Waals surface area contributed by atoms with E-state index in [9.17, 15) is 0 Å². The zero-order valence-electron chi connectivity index (χ0n) is 18.0. The first-order chi connectivity index (χ1) is 14.5. The summed E-state index contributed by atoms with van der Waals surface area (Å²) in [6.45, 7) is 6.62. The lowest BCUT2D eigenvalue weighted by Crippen LogP contribution is -2.39. The van der Waals surface area contributed by atoms with Crippen LogP contribution in [0.15, 0.2) is 73.2 Å². The van der Waals surface area contributed by atoms with Crippen LogP contribution in [-0.4, -0.2) is 12.1 Å². The molecule has 2 aromatic carbocycles. The molecule has 4 nitrogen and oxygen atoms in total. The summed E-state index contributed by atoms with van der Waals surface area (Å²) in [4.78, 5) is 9.96. The van der Waals surface area contributed by atoms with Gasteiger partial charge in [0.05, 0.1) is 0 Å². The molecule has 4 heteroatoms. The van der Waals surface area contributed by atoms with Gasteiger partial charge in [0.2, 0.25) is 12.4 Å². The van der Waals surface area contributed by atoms with E-state index in [1.54, 1.807) is 11.8 Å². The predicted molar refractivity (Wildman–Crippen MR) is 122 cm³/mol. The van der Waals surface area contributed by atoms with Gasteiger partial charge < -0.3 is 5.32 Å². The molecule has 4 rings (SSSR count). The molecular weight excluding hydrogens is 370 g/mol. The number of anilines is 2. The molecule has 2 heterocycles. The summed E-state index contributed by atoms with van der Waals surface area (Å²) in [5, 5.41) is 5.87.